The Balaban J connectivity index is 2.06. The van der Waals surface area contributed by atoms with E-state index in [0.717, 1.165) is 12.8 Å². The number of aliphatic hydroxyl groups excluding tert-OH is 1. The van der Waals surface area contributed by atoms with Crippen molar-refractivity contribution in [2.24, 2.45) is 0 Å². The van der Waals surface area contributed by atoms with Gasteiger partial charge in [-0.05, 0) is 12.5 Å². The van der Waals surface area contributed by atoms with Crippen molar-refractivity contribution < 1.29 is 19.3 Å². The smallest absolute Gasteiger partial charge is 0.270 e. The highest BCUT2D eigenvalue weighted by Crippen LogP contribution is 2.24. The average Bonchev–Trinajstić information content (AvgIpc) is 2.93. The molecule has 0 aliphatic heterocycles. The van der Waals surface area contributed by atoms with Gasteiger partial charge in [-0.15, -0.1) is 0 Å². The summed E-state index contributed by atoms with van der Waals surface area (Å²) in [5, 5.41) is 23.7. The SMILES string of the molecule is CCCc1noc(COc2ccc([N+](=O)[O-])cc2CO)n1. The van der Waals surface area contributed by atoms with E-state index >= 15 is 0 Å². The zero-order chi connectivity index (χ0) is 15.2. The third kappa shape index (κ3) is 3.76. The van der Waals surface area contributed by atoms with Crippen molar-refractivity contribution in [2.75, 3.05) is 0 Å². The van der Waals surface area contributed by atoms with Crippen molar-refractivity contribution in [1.29, 1.82) is 0 Å². The molecule has 0 fully saturated rings. The molecular weight excluding hydrogens is 278 g/mol. The topological polar surface area (TPSA) is 112 Å². The Morgan fingerprint density at radius 3 is 2.95 bits per heavy atom. The van der Waals surface area contributed by atoms with Crippen molar-refractivity contribution in [3.05, 3.63) is 45.6 Å². The zero-order valence-electron chi connectivity index (χ0n) is 11.5. The molecule has 112 valence electrons. The lowest BCUT2D eigenvalue weighted by atomic mass is 10.2. The van der Waals surface area contributed by atoms with Gasteiger partial charge in [-0.25, -0.2) is 0 Å². The van der Waals surface area contributed by atoms with Crippen molar-refractivity contribution in [3.63, 3.8) is 0 Å². The summed E-state index contributed by atoms with van der Waals surface area (Å²) in [6.45, 7) is 1.69. The second-order valence-electron chi connectivity index (χ2n) is 4.35. The summed E-state index contributed by atoms with van der Waals surface area (Å²) in [7, 11) is 0. The second kappa shape index (κ2) is 6.80. The van der Waals surface area contributed by atoms with E-state index in [2.05, 4.69) is 10.1 Å². The first-order valence-corrected chi connectivity index (χ1v) is 6.46. The fraction of sp³-hybridized carbons (Fsp3) is 0.385. The molecule has 0 radical (unpaired) electrons. The van der Waals surface area contributed by atoms with E-state index in [1.165, 1.54) is 18.2 Å². The van der Waals surface area contributed by atoms with Crippen LogP contribution in [-0.4, -0.2) is 20.2 Å². The van der Waals surface area contributed by atoms with Crippen LogP contribution in [0.2, 0.25) is 0 Å². The summed E-state index contributed by atoms with van der Waals surface area (Å²) in [6.07, 6.45) is 1.64. The van der Waals surface area contributed by atoms with E-state index in [9.17, 15) is 15.2 Å². The van der Waals surface area contributed by atoms with Crippen LogP contribution in [-0.2, 0) is 19.6 Å². The molecule has 0 aliphatic carbocycles. The minimum Gasteiger partial charge on any atom is -0.483 e. The summed E-state index contributed by atoms with van der Waals surface area (Å²) in [6, 6.07) is 4.02. The van der Waals surface area contributed by atoms with Crippen LogP contribution < -0.4 is 4.74 Å². The van der Waals surface area contributed by atoms with Gasteiger partial charge >= 0.3 is 0 Å². The molecule has 0 atom stereocenters. The van der Waals surface area contributed by atoms with Gasteiger partial charge in [-0.3, -0.25) is 10.1 Å². The molecule has 1 N–H and O–H groups in total. The molecule has 0 bridgehead atoms. The fourth-order valence-electron chi connectivity index (χ4n) is 1.76. The van der Waals surface area contributed by atoms with Gasteiger partial charge in [0.1, 0.15) is 5.75 Å². The minimum absolute atomic E-state index is 0.0432. The number of nitrogens with zero attached hydrogens (tertiary/aromatic N) is 3. The molecule has 0 spiro atoms. The molecule has 1 aromatic carbocycles. The Hall–Kier alpha value is -2.48. The van der Waals surface area contributed by atoms with Gasteiger partial charge in [0, 0.05) is 24.1 Å². The van der Waals surface area contributed by atoms with E-state index in [1.54, 1.807) is 0 Å². The largest absolute Gasteiger partial charge is 0.483 e. The van der Waals surface area contributed by atoms with Gasteiger partial charge in [-0.2, -0.15) is 4.98 Å². The molecule has 0 aliphatic rings. The van der Waals surface area contributed by atoms with Crippen LogP contribution >= 0.6 is 0 Å². The third-order valence-corrected chi connectivity index (χ3v) is 2.76. The van der Waals surface area contributed by atoms with Crippen molar-refractivity contribution >= 4 is 5.69 Å². The molecule has 1 aromatic heterocycles. The number of hydrogen-bond donors (Lipinski definition) is 1. The first kappa shape index (κ1) is 14.9. The molecular formula is C13H15N3O5. The lowest BCUT2D eigenvalue weighted by Gasteiger charge is -2.07. The Labute approximate surface area is 120 Å². The number of aliphatic hydroxyl groups is 1. The van der Waals surface area contributed by atoms with E-state index in [-0.39, 0.29) is 18.9 Å². The number of aryl methyl sites for hydroxylation is 1. The standard InChI is InChI=1S/C13H15N3O5/c1-2-3-12-14-13(21-15-12)8-20-11-5-4-10(16(18)19)6-9(11)7-17/h4-6,17H,2-3,7-8H2,1H3. The lowest BCUT2D eigenvalue weighted by Crippen LogP contribution is -2.00. The van der Waals surface area contributed by atoms with Crippen LogP contribution in [0.15, 0.2) is 22.7 Å². The van der Waals surface area contributed by atoms with Gasteiger partial charge in [0.05, 0.1) is 11.5 Å². The van der Waals surface area contributed by atoms with Gasteiger partial charge in [-0.1, -0.05) is 12.1 Å². The molecule has 0 unspecified atom stereocenters. The summed E-state index contributed by atoms with van der Waals surface area (Å²) in [5.41, 5.74) is 0.229. The van der Waals surface area contributed by atoms with Gasteiger partial charge in [0.15, 0.2) is 12.4 Å². The van der Waals surface area contributed by atoms with Crippen LogP contribution in [0.25, 0.3) is 0 Å². The highest BCUT2D eigenvalue weighted by molar-refractivity contribution is 5.43. The maximum absolute atomic E-state index is 10.7. The molecule has 8 heteroatoms. The van der Waals surface area contributed by atoms with Crippen LogP contribution in [0, 0.1) is 10.1 Å². The van der Waals surface area contributed by atoms with E-state index in [0.29, 0.717) is 23.0 Å². The van der Waals surface area contributed by atoms with Gasteiger partial charge in [0.2, 0.25) is 0 Å². The third-order valence-electron chi connectivity index (χ3n) is 2.76. The Bertz CT molecular complexity index is 626. The molecule has 8 nitrogen and oxygen atoms in total. The first-order chi connectivity index (χ1) is 10.1. The number of aromatic nitrogens is 2. The molecule has 21 heavy (non-hydrogen) atoms. The highest BCUT2D eigenvalue weighted by Gasteiger charge is 2.13. The predicted molar refractivity (Wildman–Crippen MR) is 71.6 cm³/mol. The number of ether oxygens (including phenoxy) is 1. The Morgan fingerprint density at radius 1 is 1.48 bits per heavy atom. The van der Waals surface area contributed by atoms with E-state index < -0.39 is 4.92 Å². The van der Waals surface area contributed by atoms with E-state index in [4.69, 9.17) is 9.26 Å². The van der Waals surface area contributed by atoms with Crippen LogP contribution in [0.5, 0.6) is 5.75 Å². The normalized spacial score (nSPS) is 10.6. The van der Waals surface area contributed by atoms with Crippen LogP contribution in [0.1, 0.15) is 30.6 Å². The fourth-order valence-corrected chi connectivity index (χ4v) is 1.76. The first-order valence-electron chi connectivity index (χ1n) is 6.46. The Morgan fingerprint density at radius 2 is 2.29 bits per heavy atom. The number of nitro groups is 1. The van der Waals surface area contributed by atoms with Crippen LogP contribution in [0.4, 0.5) is 5.69 Å². The molecule has 2 aromatic rings. The molecule has 2 rings (SSSR count). The lowest BCUT2D eigenvalue weighted by molar-refractivity contribution is -0.385. The summed E-state index contributed by atoms with van der Waals surface area (Å²) < 4.78 is 10.5. The minimum atomic E-state index is -0.530. The summed E-state index contributed by atoms with van der Waals surface area (Å²) in [5.74, 6) is 1.28. The monoisotopic (exact) mass is 293 g/mol. The summed E-state index contributed by atoms with van der Waals surface area (Å²) in [4.78, 5) is 14.3. The molecule has 0 saturated carbocycles. The second-order valence-corrected chi connectivity index (χ2v) is 4.35. The quantitative estimate of drug-likeness (QED) is 0.613. The number of benzene rings is 1. The highest BCUT2D eigenvalue weighted by atomic mass is 16.6. The van der Waals surface area contributed by atoms with Crippen molar-refractivity contribution in [3.8, 4) is 5.75 Å². The maximum Gasteiger partial charge on any atom is 0.270 e. The molecule has 1 heterocycles. The number of hydrogen-bond acceptors (Lipinski definition) is 7. The number of non-ortho nitro benzene ring substituents is 1. The maximum atomic E-state index is 10.7. The van der Waals surface area contributed by atoms with Crippen LogP contribution in [0.3, 0.4) is 0 Å². The van der Waals surface area contributed by atoms with Gasteiger partial charge < -0.3 is 14.4 Å². The van der Waals surface area contributed by atoms with Crippen molar-refractivity contribution in [1.82, 2.24) is 10.1 Å². The molecule has 0 amide bonds. The summed E-state index contributed by atoms with van der Waals surface area (Å²) >= 11 is 0. The number of rotatable bonds is 7. The predicted octanol–water partition coefficient (Wildman–Crippen LogP) is 2.00. The Kier molecular flexibility index (Phi) is 4.83. The van der Waals surface area contributed by atoms with E-state index in [1.807, 2.05) is 6.92 Å². The zero-order valence-corrected chi connectivity index (χ0v) is 11.5. The average molecular weight is 293 g/mol. The van der Waals surface area contributed by atoms with Gasteiger partial charge in [0.25, 0.3) is 11.6 Å². The van der Waals surface area contributed by atoms with Crippen molar-refractivity contribution in [2.45, 2.75) is 33.0 Å². The molecule has 0 saturated heterocycles. The number of nitro benzene ring substituents is 1.